The molecule has 0 radical (unpaired) electrons. The van der Waals surface area contributed by atoms with Crippen LogP contribution in [0.3, 0.4) is 0 Å². The van der Waals surface area contributed by atoms with E-state index >= 15 is 0 Å². The van der Waals surface area contributed by atoms with E-state index in [1.807, 2.05) is 43.7 Å². The molecule has 2 heterocycles. The molecule has 3 rings (SSSR count). The van der Waals surface area contributed by atoms with Gasteiger partial charge < -0.3 is 24.6 Å². The number of allylic oxidation sites excluding steroid dienone is 2. The van der Waals surface area contributed by atoms with Crippen molar-refractivity contribution in [1.29, 1.82) is 0 Å². The molecule has 9 nitrogen and oxygen atoms in total. The highest BCUT2D eigenvalue weighted by Crippen LogP contribution is 2.36. The number of nitrogens with one attached hydrogen (secondary N) is 2. The number of ether oxygens (including phenoxy) is 2. The van der Waals surface area contributed by atoms with Crippen LogP contribution in [-0.2, 0) is 9.47 Å². The SMILES string of the molecule is CCC/C=C(/S/C=C(\C)c1cc(C(=O)OCC)no1)c1cnc(Nc2ccc(C)c(Cl)c2)nc1NCCCOC. The van der Waals surface area contributed by atoms with Gasteiger partial charge in [-0.15, -0.1) is 0 Å². The summed E-state index contributed by atoms with van der Waals surface area (Å²) in [6.45, 7) is 9.33. The number of aryl methyl sites for hydroxylation is 1. The second kappa shape index (κ2) is 16.1. The van der Waals surface area contributed by atoms with Crippen LogP contribution in [0.5, 0.6) is 0 Å². The van der Waals surface area contributed by atoms with Crippen LogP contribution < -0.4 is 10.6 Å². The molecule has 0 aliphatic carbocycles. The Morgan fingerprint density at radius 3 is 2.80 bits per heavy atom. The summed E-state index contributed by atoms with van der Waals surface area (Å²) >= 11 is 7.84. The van der Waals surface area contributed by atoms with Gasteiger partial charge in [-0.05, 0) is 56.7 Å². The molecular weight excluding hydrogens is 550 g/mol. The molecule has 0 saturated carbocycles. The number of hydrogen-bond donors (Lipinski definition) is 2. The number of aromatic nitrogens is 3. The van der Waals surface area contributed by atoms with Crippen LogP contribution in [0.2, 0.25) is 5.02 Å². The minimum atomic E-state index is -0.510. The zero-order valence-corrected chi connectivity index (χ0v) is 25.1. The maximum absolute atomic E-state index is 12.0. The third kappa shape index (κ3) is 9.11. The lowest BCUT2D eigenvalue weighted by Crippen LogP contribution is -2.10. The van der Waals surface area contributed by atoms with Gasteiger partial charge in [-0.2, -0.15) is 4.98 Å². The Kier molecular flexibility index (Phi) is 12.5. The lowest BCUT2D eigenvalue weighted by atomic mass is 10.2. The fourth-order valence-corrected chi connectivity index (χ4v) is 4.54. The molecule has 40 heavy (non-hydrogen) atoms. The van der Waals surface area contributed by atoms with E-state index in [1.165, 1.54) is 11.8 Å². The van der Waals surface area contributed by atoms with E-state index in [2.05, 4.69) is 33.8 Å². The minimum absolute atomic E-state index is 0.144. The monoisotopic (exact) mass is 585 g/mol. The van der Waals surface area contributed by atoms with E-state index < -0.39 is 5.97 Å². The number of benzene rings is 1. The van der Waals surface area contributed by atoms with Gasteiger partial charge in [0.15, 0.2) is 11.5 Å². The van der Waals surface area contributed by atoms with E-state index in [4.69, 9.17) is 30.6 Å². The second-order valence-corrected chi connectivity index (χ2v) is 10.2. The van der Waals surface area contributed by atoms with E-state index in [0.717, 1.165) is 46.6 Å². The van der Waals surface area contributed by atoms with Crippen molar-refractivity contribution in [3.63, 3.8) is 0 Å². The van der Waals surface area contributed by atoms with Gasteiger partial charge in [0.25, 0.3) is 0 Å². The van der Waals surface area contributed by atoms with Crippen LogP contribution in [0.15, 0.2) is 46.5 Å². The zero-order valence-electron chi connectivity index (χ0n) is 23.5. The molecule has 11 heteroatoms. The van der Waals surface area contributed by atoms with Crippen LogP contribution in [0.25, 0.3) is 10.5 Å². The smallest absolute Gasteiger partial charge is 0.360 e. The molecule has 0 amide bonds. The van der Waals surface area contributed by atoms with Crippen molar-refractivity contribution in [2.24, 2.45) is 0 Å². The van der Waals surface area contributed by atoms with E-state index in [1.54, 1.807) is 20.1 Å². The first-order chi connectivity index (χ1) is 19.4. The number of halogens is 1. The Bertz CT molecular complexity index is 1340. The van der Waals surface area contributed by atoms with Crippen molar-refractivity contribution in [2.75, 3.05) is 37.5 Å². The quantitative estimate of drug-likeness (QED) is 0.136. The summed E-state index contributed by atoms with van der Waals surface area (Å²) in [7, 11) is 1.69. The molecular formula is C29H36ClN5O4S. The van der Waals surface area contributed by atoms with Crippen LogP contribution in [-0.4, -0.2) is 48.0 Å². The molecule has 0 unspecified atom stereocenters. The lowest BCUT2D eigenvalue weighted by molar-refractivity contribution is 0.0514. The number of rotatable bonds is 15. The van der Waals surface area contributed by atoms with E-state index in [-0.39, 0.29) is 12.3 Å². The van der Waals surface area contributed by atoms with Crippen molar-refractivity contribution in [1.82, 2.24) is 15.1 Å². The molecule has 0 fully saturated rings. The summed E-state index contributed by atoms with van der Waals surface area (Å²) in [6.07, 6.45) is 6.68. The fraction of sp³-hybridized carbons (Fsp3) is 0.379. The third-order valence-electron chi connectivity index (χ3n) is 5.66. The highest BCUT2D eigenvalue weighted by atomic mass is 35.5. The molecule has 1 aromatic carbocycles. The maximum atomic E-state index is 12.0. The minimum Gasteiger partial charge on any atom is -0.461 e. The molecule has 0 aliphatic rings. The summed E-state index contributed by atoms with van der Waals surface area (Å²) in [6, 6.07) is 7.33. The maximum Gasteiger partial charge on any atom is 0.360 e. The Morgan fingerprint density at radius 1 is 1.25 bits per heavy atom. The summed E-state index contributed by atoms with van der Waals surface area (Å²) in [5, 5.41) is 13.2. The summed E-state index contributed by atoms with van der Waals surface area (Å²) in [4.78, 5) is 22.4. The van der Waals surface area contributed by atoms with Gasteiger partial charge in [-0.25, -0.2) is 9.78 Å². The zero-order chi connectivity index (χ0) is 28.9. The molecule has 2 N–H and O–H groups in total. The van der Waals surface area contributed by atoms with Crippen LogP contribution in [0.1, 0.15) is 67.4 Å². The number of hydrogen-bond acceptors (Lipinski definition) is 10. The van der Waals surface area contributed by atoms with Crippen LogP contribution in [0, 0.1) is 6.92 Å². The summed E-state index contributed by atoms with van der Waals surface area (Å²) in [5.41, 5.74) is 3.64. The van der Waals surface area contributed by atoms with Crippen molar-refractivity contribution >= 4 is 57.3 Å². The molecule has 0 aliphatic heterocycles. The van der Waals surface area contributed by atoms with Gasteiger partial charge in [-0.3, -0.25) is 0 Å². The number of nitrogens with zero attached hydrogens (tertiary/aromatic N) is 3. The molecule has 3 aromatic rings. The van der Waals surface area contributed by atoms with E-state index in [9.17, 15) is 4.79 Å². The van der Waals surface area contributed by atoms with Gasteiger partial charge in [0.1, 0.15) is 5.82 Å². The molecule has 0 spiro atoms. The highest BCUT2D eigenvalue weighted by Gasteiger charge is 2.16. The molecule has 0 bridgehead atoms. The van der Waals surface area contributed by atoms with Crippen molar-refractivity contribution in [3.05, 3.63) is 69.6 Å². The Labute approximate surface area is 244 Å². The number of carbonyl (C=O) groups excluding carboxylic acids is 1. The first-order valence-electron chi connectivity index (χ1n) is 13.2. The third-order valence-corrected chi connectivity index (χ3v) is 7.18. The first kappa shape index (κ1) is 31.2. The van der Waals surface area contributed by atoms with Gasteiger partial charge in [0.05, 0.1) is 6.61 Å². The van der Waals surface area contributed by atoms with Crippen molar-refractivity contribution in [3.8, 4) is 0 Å². The number of anilines is 3. The number of methoxy groups -OCH3 is 1. The van der Waals surface area contributed by atoms with Gasteiger partial charge in [-0.1, -0.05) is 54.0 Å². The van der Waals surface area contributed by atoms with Crippen molar-refractivity contribution < 1.29 is 18.8 Å². The number of esters is 1. The summed E-state index contributed by atoms with van der Waals surface area (Å²) < 4.78 is 15.6. The van der Waals surface area contributed by atoms with Gasteiger partial charge in [0, 0.05) is 59.3 Å². The number of unbranched alkanes of at least 4 members (excludes halogenated alkanes) is 1. The van der Waals surface area contributed by atoms with E-state index in [0.29, 0.717) is 35.7 Å². The van der Waals surface area contributed by atoms with Crippen LogP contribution >= 0.6 is 23.4 Å². The predicted octanol–water partition coefficient (Wildman–Crippen LogP) is 7.73. The summed E-state index contributed by atoms with van der Waals surface area (Å²) in [5.74, 6) is 1.15. The average molecular weight is 586 g/mol. The standard InChI is InChI=1S/C29H36ClN5O4S/c1-6-8-10-26(40-18-20(4)25-16-24(35-39-25)28(36)38-7-2)22-17-32-29(34-27(22)31-13-9-14-37-5)33-21-12-11-19(3)23(30)15-21/h10-12,15-18H,6-9,13-14H2,1-5H3,(H2,31,32,33,34)/b20-18+,26-10+. The molecule has 0 atom stereocenters. The predicted molar refractivity (Wildman–Crippen MR) is 163 cm³/mol. The number of thioether (sulfide) groups is 1. The second-order valence-electron chi connectivity index (χ2n) is 8.89. The first-order valence-corrected chi connectivity index (χ1v) is 14.4. The highest BCUT2D eigenvalue weighted by molar-refractivity contribution is 8.11. The van der Waals surface area contributed by atoms with Gasteiger partial charge in [0.2, 0.25) is 5.95 Å². The fourth-order valence-electron chi connectivity index (χ4n) is 3.45. The molecule has 0 saturated heterocycles. The van der Waals surface area contributed by atoms with Crippen molar-refractivity contribution in [2.45, 2.75) is 47.0 Å². The topological polar surface area (TPSA) is 111 Å². The Hall–Kier alpha value is -3.34. The van der Waals surface area contributed by atoms with Gasteiger partial charge >= 0.3 is 5.97 Å². The number of carbonyl (C=O) groups is 1. The molecule has 2 aromatic heterocycles. The Balaban J connectivity index is 1.88. The lowest BCUT2D eigenvalue weighted by Gasteiger charge is -2.15. The average Bonchev–Trinajstić information content (AvgIpc) is 3.45. The van der Waals surface area contributed by atoms with Crippen LogP contribution in [0.4, 0.5) is 17.5 Å². The normalized spacial score (nSPS) is 11.9. The largest absolute Gasteiger partial charge is 0.461 e. The molecule has 214 valence electrons. The Morgan fingerprint density at radius 2 is 2.08 bits per heavy atom.